The minimum absolute atomic E-state index is 0.637. The van der Waals surface area contributed by atoms with Crippen molar-refractivity contribution in [2.75, 3.05) is 13.1 Å². The quantitative estimate of drug-likeness (QED) is 0.0585. The van der Waals surface area contributed by atoms with Gasteiger partial charge < -0.3 is 9.80 Å². The van der Waals surface area contributed by atoms with Crippen molar-refractivity contribution in [3.63, 3.8) is 0 Å². The second-order valence-electron chi connectivity index (χ2n) is 16.8. The third kappa shape index (κ3) is 30.9. The van der Waals surface area contributed by atoms with Crippen LogP contribution in [0.4, 0.5) is 0 Å². The SMILES string of the molecule is CCCCCCCCCCCCCCCCCN1C=CN(CCCCCCCCCCCCCCCC)C1CCCCCCCCCCCC. The largest absolute Gasteiger partial charge is 0.356 e. The lowest BCUT2D eigenvalue weighted by Gasteiger charge is -2.33. The summed E-state index contributed by atoms with van der Waals surface area (Å²) in [5.41, 5.74) is 0. The van der Waals surface area contributed by atoms with Gasteiger partial charge in [-0.25, -0.2) is 0 Å². The number of rotatable bonds is 42. The molecule has 50 heavy (non-hydrogen) atoms. The highest BCUT2D eigenvalue weighted by Gasteiger charge is 2.24. The summed E-state index contributed by atoms with van der Waals surface area (Å²) in [7, 11) is 0. The van der Waals surface area contributed by atoms with Gasteiger partial charge in [0.2, 0.25) is 0 Å². The zero-order valence-electron chi connectivity index (χ0n) is 35.3. The van der Waals surface area contributed by atoms with Crippen LogP contribution in [0, 0.1) is 0 Å². The fourth-order valence-electron chi connectivity index (χ4n) is 8.31. The molecule has 0 saturated carbocycles. The van der Waals surface area contributed by atoms with Crippen LogP contribution >= 0.6 is 0 Å². The van der Waals surface area contributed by atoms with Gasteiger partial charge in [-0.3, -0.25) is 0 Å². The van der Waals surface area contributed by atoms with Crippen LogP contribution in [0.3, 0.4) is 0 Å². The molecular weight excluding hydrogens is 605 g/mol. The van der Waals surface area contributed by atoms with E-state index in [1.54, 1.807) is 0 Å². The van der Waals surface area contributed by atoms with Gasteiger partial charge in [0, 0.05) is 25.5 Å². The van der Waals surface area contributed by atoms with Crippen LogP contribution in [-0.4, -0.2) is 29.1 Å². The van der Waals surface area contributed by atoms with E-state index >= 15 is 0 Å². The Balaban J connectivity index is 2.18. The number of hydrogen-bond donors (Lipinski definition) is 0. The van der Waals surface area contributed by atoms with Crippen molar-refractivity contribution in [2.45, 2.75) is 284 Å². The molecule has 0 aromatic carbocycles. The Morgan fingerprint density at radius 3 is 0.700 bits per heavy atom. The van der Waals surface area contributed by atoms with Gasteiger partial charge >= 0.3 is 0 Å². The van der Waals surface area contributed by atoms with Gasteiger partial charge in [-0.1, -0.05) is 252 Å². The van der Waals surface area contributed by atoms with Gasteiger partial charge in [0.25, 0.3) is 0 Å². The van der Waals surface area contributed by atoms with E-state index in [1.165, 1.54) is 270 Å². The Bertz CT molecular complexity index is 659. The summed E-state index contributed by atoms with van der Waals surface area (Å²) in [5.74, 6) is 0. The normalized spacial score (nSPS) is 14.5. The molecule has 298 valence electrons. The third-order valence-electron chi connectivity index (χ3n) is 11.8. The van der Waals surface area contributed by atoms with E-state index in [-0.39, 0.29) is 0 Å². The molecule has 0 amide bonds. The summed E-state index contributed by atoms with van der Waals surface area (Å²) < 4.78 is 0. The minimum atomic E-state index is 0.637. The molecule has 1 aliphatic heterocycles. The molecular formula is C48H96N2. The summed E-state index contributed by atoms with van der Waals surface area (Å²) in [5, 5.41) is 0. The molecule has 0 bridgehead atoms. The predicted octanol–water partition coefficient (Wildman–Crippen LogP) is 17.1. The first kappa shape index (κ1) is 47.4. The van der Waals surface area contributed by atoms with Gasteiger partial charge in [-0.15, -0.1) is 0 Å². The number of hydrogen-bond acceptors (Lipinski definition) is 2. The highest BCUT2D eigenvalue weighted by Crippen LogP contribution is 2.24. The Labute approximate surface area is 318 Å². The van der Waals surface area contributed by atoms with Gasteiger partial charge in [-0.2, -0.15) is 0 Å². The summed E-state index contributed by atoms with van der Waals surface area (Å²) in [6.45, 7) is 9.49. The first-order chi connectivity index (χ1) is 24.8. The first-order valence-electron chi connectivity index (χ1n) is 24.0. The Kier molecular flexibility index (Phi) is 37.5. The van der Waals surface area contributed by atoms with Crippen LogP contribution in [0.15, 0.2) is 12.4 Å². The molecule has 1 atom stereocenters. The zero-order valence-corrected chi connectivity index (χ0v) is 35.3. The molecule has 0 aliphatic carbocycles. The lowest BCUT2D eigenvalue weighted by Crippen LogP contribution is -2.39. The van der Waals surface area contributed by atoms with Gasteiger partial charge in [0.1, 0.15) is 6.17 Å². The topological polar surface area (TPSA) is 6.48 Å². The van der Waals surface area contributed by atoms with E-state index in [1.807, 2.05) is 0 Å². The summed E-state index contributed by atoms with van der Waals surface area (Å²) in [4.78, 5) is 5.47. The van der Waals surface area contributed by atoms with Crippen LogP contribution < -0.4 is 0 Å². The Hall–Kier alpha value is -0.660. The van der Waals surface area contributed by atoms with E-state index in [2.05, 4.69) is 43.0 Å². The third-order valence-corrected chi connectivity index (χ3v) is 11.8. The summed E-state index contributed by atoms with van der Waals surface area (Å²) in [6, 6.07) is 0. The molecule has 0 saturated heterocycles. The van der Waals surface area contributed by atoms with Gasteiger partial charge in [0.05, 0.1) is 0 Å². The Morgan fingerprint density at radius 1 is 0.260 bits per heavy atom. The minimum Gasteiger partial charge on any atom is -0.356 e. The molecule has 0 aromatic heterocycles. The number of unbranched alkanes of at least 4 members (excludes halogenated alkanes) is 36. The monoisotopic (exact) mass is 701 g/mol. The lowest BCUT2D eigenvalue weighted by molar-refractivity contribution is 0.135. The molecule has 1 unspecified atom stereocenters. The zero-order chi connectivity index (χ0) is 35.8. The standard InChI is InChI=1S/C48H96N2/c1-4-7-10-13-16-19-22-24-26-28-30-33-36-39-42-45-50-47-46-49(48(50)43-40-37-34-31-21-18-15-12-9-6-3)44-41-38-35-32-29-27-25-23-20-17-14-11-8-5-2/h46-48H,4-45H2,1-3H3. The molecule has 0 N–H and O–H groups in total. The average molecular weight is 701 g/mol. The highest BCUT2D eigenvalue weighted by atomic mass is 15.4. The van der Waals surface area contributed by atoms with Crippen molar-refractivity contribution >= 4 is 0 Å². The van der Waals surface area contributed by atoms with E-state index in [4.69, 9.17) is 0 Å². The predicted molar refractivity (Wildman–Crippen MR) is 228 cm³/mol. The van der Waals surface area contributed by atoms with Crippen molar-refractivity contribution in [1.29, 1.82) is 0 Å². The highest BCUT2D eigenvalue weighted by molar-refractivity contribution is 4.97. The van der Waals surface area contributed by atoms with Crippen LogP contribution in [0.1, 0.15) is 278 Å². The van der Waals surface area contributed by atoms with E-state index < -0.39 is 0 Å². The van der Waals surface area contributed by atoms with E-state index in [0.717, 1.165) is 0 Å². The smallest absolute Gasteiger partial charge is 0.101 e. The van der Waals surface area contributed by atoms with Crippen molar-refractivity contribution in [2.24, 2.45) is 0 Å². The van der Waals surface area contributed by atoms with Crippen LogP contribution in [-0.2, 0) is 0 Å². The molecule has 2 heteroatoms. The van der Waals surface area contributed by atoms with Crippen LogP contribution in [0.2, 0.25) is 0 Å². The van der Waals surface area contributed by atoms with Crippen molar-refractivity contribution in [3.05, 3.63) is 12.4 Å². The maximum atomic E-state index is 2.74. The molecule has 1 aliphatic rings. The van der Waals surface area contributed by atoms with Gasteiger partial charge in [0.15, 0.2) is 0 Å². The fourth-order valence-corrected chi connectivity index (χ4v) is 8.31. The maximum absolute atomic E-state index is 2.74. The molecule has 2 nitrogen and oxygen atoms in total. The molecule has 1 heterocycles. The Morgan fingerprint density at radius 2 is 0.460 bits per heavy atom. The molecule has 0 radical (unpaired) electrons. The van der Waals surface area contributed by atoms with Crippen LogP contribution in [0.5, 0.6) is 0 Å². The maximum Gasteiger partial charge on any atom is 0.101 e. The molecule has 1 rings (SSSR count). The molecule has 0 aromatic rings. The van der Waals surface area contributed by atoms with Crippen LogP contribution in [0.25, 0.3) is 0 Å². The average Bonchev–Trinajstić information content (AvgIpc) is 3.51. The van der Waals surface area contributed by atoms with Crippen molar-refractivity contribution in [3.8, 4) is 0 Å². The fraction of sp³-hybridized carbons (Fsp3) is 0.958. The molecule has 0 fully saturated rings. The first-order valence-corrected chi connectivity index (χ1v) is 24.0. The van der Waals surface area contributed by atoms with E-state index in [0.29, 0.717) is 6.17 Å². The second-order valence-corrected chi connectivity index (χ2v) is 16.8. The number of nitrogens with zero attached hydrogens (tertiary/aromatic N) is 2. The van der Waals surface area contributed by atoms with Crippen molar-refractivity contribution in [1.82, 2.24) is 9.80 Å². The summed E-state index contributed by atoms with van der Waals surface area (Å²) >= 11 is 0. The van der Waals surface area contributed by atoms with Crippen molar-refractivity contribution < 1.29 is 0 Å². The summed E-state index contributed by atoms with van der Waals surface area (Å²) in [6.07, 6.45) is 63.4. The van der Waals surface area contributed by atoms with E-state index in [9.17, 15) is 0 Å². The van der Waals surface area contributed by atoms with Gasteiger partial charge in [-0.05, 0) is 25.7 Å². The molecule has 0 spiro atoms. The second kappa shape index (κ2) is 39.5. The lowest BCUT2D eigenvalue weighted by atomic mass is 10.0.